The molecule has 0 aliphatic heterocycles. The third kappa shape index (κ3) is 3.79. The molecule has 0 bridgehead atoms. The van der Waals surface area contributed by atoms with Crippen LogP contribution in [0.1, 0.15) is 32.6 Å². The fourth-order valence-corrected chi connectivity index (χ4v) is 4.09. The van der Waals surface area contributed by atoms with Crippen LogP contribution in [0.3, 0.4) is 0 Å². The van der Waals surface area contributed by atoms with E-state index in [4.69, 9.17) is 0 Å². The van der Waals surface area contributed by atoms with Gasteiger partial charge >= 0.3 is 0 Å². The van der Waals surface area contributed by atoms with Crippen molar-refractivity contribution in [3.63, 3.8) is 0 Å². The van der Waals surface area contributed by atoms with E-state index < -0.39 is 0 Å². The molecule has 1 aromatic rings. The summed E-state index contributed by atoms with van der Waals surface area (Å²) in [6.07, 6.45) is 5.64. The first kappa shape index (κ1) is 12.5. The van der Waals surface area contributed by atoms with Crippen molar-refractivity contribution in [1.29, 1.82) is 0 Å². The fourth-order valence-electron chi connectivity index (χ4n) is 2.36. The van der Waals surface area contributed by atoms with Crippen molar-refractivity contribution in [1.82, 2.24) is 5.32 Å². The van der Waals surface area contributed by atoms with Crippen molar-refractivity contribution >= 4 is 23.1 Å². The molecule has 90 valence electrons. The number of rotatable bonds is 5. The van der Waals surface area contributed by atoms with Crippen LogP contribution in [0.25, 0.3) is 0 Å². The molecule has 0 saturated heterocycles. The second-order valence-electron chi connectivity index (χ2n) is 4.60. The van der Waals surface area contributed by atoms with Gasteiger partial charge in [0, 0.05) is 18.3 Å². The number of hydrogen-bond donors (Lipinski definition) is 1. The normalized spacial score (nSPS) is 25.8. The molecule has 1 aliphatic carbocycles. The first-order valence-corrected chi connectivity index (χ1v) is 8.12. The second kappa shape index (κ2) is 6.67. The minimum Gasteiger partial charge on any atom is -0.313 e. The highest BCUT2D eigenvalue weighted by molar-refractivity contribution is 8.01. The molecular formula is C13H21NS2. The Morgan fingerprint density at radius 1 is 1.44 bits per heavy atom. The van der Waals surface area contributed by atoms with Gasteiger partial charge in [0.15, 0.2) is 0 Å². The Hall–Kier alpha value is 0.01000. The molecule has 1 aromatic heterocycles. The van der Waals surface area contributed by atoms with E-state index in [0.717, 1.165) is 18.5 Å². The lowest BCUT2D eigenvalue weighted by Gasteiger charge is -2.29. The fraction of sp³-hybridized carbons (Fsp3) is 0.692. The van der Waals surface area contributed by atoms with Gasteiger partial charge in [-0.3, -0.25) is 0 Å². The first-order chi connectivity index (χ1) is 7.86. The van der Waals surface area contributed by atoms with Crippen LogP contribution >= 0.6 is 23.1 Å². The van der Waals surface area contributed by atoms with Crippen LogP contribution in [-0.4, -0.2) is 18.3 Å². The van der Waals surface area contributed by atoms with Gasteiger partial charge in [-0.2, -0.15) is 0 Å². The van der Waals surface area contributed by atoms with Gasteiger partial charge in [-0.1, -0.05) is 25.8 Å². The summed E-state index contributed by atoms with van der Waals surface area (Å²) in [7, 11) is 0. The molecule has 3 heteroatoms. The van der Waals surface area contributed by atoms with E-state index in [2.05, 4.69) is 29.8 Å². The Morgan fingerprint density at radius 3 is 3.06 bits per heavy atom. The molecule has 1 aliphatic rings. The van der Waals surface area contributed by atoms with Gasteiger partial charge in [0.05, 0.1) is 4.21 Å². The number of hydrogen-bond acceptors (Lipinski definition) is 3. The summed E-state index contributed by atoms with van der Waals surface area (Å²) >= 11 is 3.82. The minimum absolute atomic E-state index is 0.776. The van der Waals surface area contributed by atoms with Gasteiger partial charge in [-0.25, -0.2) is 0 Å². The highest BCUT2D eigenvalue weighted by atomic mass is 32.2. The maximum absolute atomic E-state index is 3.72. The topological polar surface area (TPSA) is 12.0 Å². The van der Waals surface area contributed by atoms with E-state index >= 15 is 0 Å². The lowest BCUT2D eigenvalue weighted by molar-refractivity contribution is 0.285. The van der Waals surface area contributed by atoms with Crippen molar-refractivity contribution in [3.8, 4) is 0 Å². The van der Waals surface area contributed by atoms with E-state index in [9.17, 15) is 0 Å². The van der Waals surface area contributed by atoms with Crippen LogP contribution in [0.4, 0.5) is 0 Å². The SMILES string of the molecule is CC1CCCCC1NCCSc1cccs1. The number of thiophene rings is 1. The zero-order chi connectivity index (χ0) is 11.2. The van der Waals surface area contributed by atoms with Crippen molar-refractivity contribution < 1.29 is 0 Å². The molecule has 0 spiro atoms. The van der Waals surface area contributed by atoms with Gasteiger partial charge in [-0.05, 0) is 30.2 Å². The van der Waals surface area contributed by atoms with Gasteiger partial charge < -0.3 is 5.32 Å². The number of nitrogens with one attached hydrogen (secondary N) is 1. The average molecular weight is 255 g/mol. The smallest absolute Gasteiger partial charge is 0.0598 e. The monoisotopic (exact) mass is 255 g/mol. The summed E-state index contributed by atoms with van der Waals surface area (Å²) in [4.78, 5) is 0. The predicted molar refractivity (Wildman–Crippen MR) is 74.5 cm³/mol. The molecule has 0 amide bonds. The molecule has 1 nitrogen and oxygen atoms in total. The van der Waals surface area contributed by atoms with Crippen molar-refractivity contribution in [2.75, 3.05) is 12.3 Å². The minimum atomic E-state index is 0.776. The van der Waals surface area contributed by atoms with Gasteiger partial charge in [0.2, 0.25) is 0 Å². The van der Waals surface area contributed by atoms with E-state index in [-0.39, 0.29) is 0 Å². The summed E-state index contributed by atoms with van der Waals surface area (Å²) in [5.74, 6) is 2.07. The molecule has 0 radical (unpaired) electrons. The Balaban J connectivity index is 1.60. The van der Waals surface area contributed by atoms with E-state index in [1.807, 2.05) is 23.1 Å². The third-order valence-corrected chi connectivity index (χ3v) is 5.49. The molecule has 2 rings (SSSR count). The average Bonchev–Trinajstić information content (AvgIpc) is 2.79. The quantitative estimate of drug-likeness (QED) is 0.630. The Morgan fingerprint density at radius 2 is 2.31 bits per heavy atom. The Labute approximate surface area is 107 Å². The highest BCUT2D eigenvalue weighted by Crippen LogP contribution is 2.25. The zero-order valence-corrected chi connectivity index (χ0v) is 11.6. The molecule has 1 heterocycles. The van der Waals surface area contributed by atoms with Crippen molar-refractivity contribution in [2.24, 2.45) is 5.92 Å². The van der Waals surface area contributed by atoms with Crippen molar-refractivity contribution in [2.45, 2.75) is 42.9 Å². The van der Waals surface area contributed by atoms with Gasteiger partial charge in [0.1, 0.15) is 0 Å². The van der Waals surface area contributed by atoms with Gasteiger partial charge in [0.25, 0.3) is 0 Å². The summed E-state index contributed by atoms with van der Waals surface area (Å²) in [6, 6.07) is 5.11. The van der Waals surface area contributed by atoms with Gasteiger partial charge in [-0.15, -0.1) is 23.1 Å². The first-order valence-electron chi connectivity index (χ1n) is 6.26. The summed E-state index contributed by atoms with van der Waals surface area (Å²) < 4.78 is 1.44. The maximum Gasteiger partial charge on any atom is 0.0598 e. The summed E-state index contributed by atoms with van der Waals surface area (Å²) in [5, 5.41) is 5.87. The molecule has 2 unspecified atom stereocenters. The molecule has 1 fully saturated rings. The molecule has 2 atom stereocenters. The van der Waals surface area contributed by atoms with Crippen LogP contribution in [0, 0.1) is 5.92 Å². The Kier molecular flexibility index (Phi) is 5.20. The standard InChI is InChI=1S/C13H21NS2/c1-11-5-2-3-6-12(11)14-8-10-16-13-7-4-9-15-13/h4,7,9,11-12,14H,2-3,5-6,8,10H2,1H3. The van der Waals surface area contributed by atoms with Crippen LogP contribution < -0.4 is 5.32 Å². The van der Waals surface area contributed by atoms with Crippen LogP contribution in [-0.2, 0) is 0 Å². The number of thioether (sulfide) groups is 1. The second-order valence-corrected chi connectivity index (χ2v) is 6.95. The summed E-state index contributed by atoms with van der Waals surface area (Å²) in [5.41, 5.74) is 0. The van der Waals surface area contributed by atoms with E-state index in [1.165, 1.54) is 35.6 Å². The van der Waals surface area contributed by atoms with Crippen LogP contribution in [0.15, 0.2) is 21.7 Å². The maximum atomic E-state index is 3.72. The van der Waals surface area contributed by atoms with Crippen molar-refractivity contribution in [3.05, 3.63) is 17.5 Å². The van der Waals surface area contributed by atoms with E-state index in [1.54, 1.807) is 0 Å². The lowest BCUT2D eigenvalue weighted by Crippen LogP contribution is -2.38. The molecule has 0 aromatic carbocycles. The summed E-state index contributed by atoms with van der Waals surface area (Å²) in [6.45, 7) is 3.54. The molecule has 1 N–H and O–H groups in total. The van der Waals surface area contributed by atoms with Crippen LogP contribution in [0.5, 0.6) is 0 Å². The molecule has 1 saturated carbocycles. The lowest BCUT2D eigenvalue weighted by atomic mass is 9.86. The highest BCUT2D eigenvalue weighted by Gasteiger charge is 2.19. The molecule has 16 heavy (non-hydrogen) atoms. The van der Waals surface area contributed by atoms with Crippen LogP contribution in [0.2, 0.25) is 0 Å². The predicted octanol–water partition coefficient (Wildman–Crippen LogP) is 4.01. The Bertz CT molecular complexity index is 284. The van der Waals surface area contributed by atoms with E-state index in [0.29, 0.717) is 0 Å². The largest absolute Gasteiger partial charge is 0.313 e. The zero-order valence-electron chi connectivity index (χ0n) is 9.95. The molecular weight excluding hydrogens is 234 g/mol. The third-order valence-electron chi connectivity index (χ3n) is 3.36.